The quantitative estimate of drug-likeness (QED) is 0.670. The zero-order chi connectivity index (χ0) is 9.83. The van der Waals surface area contributed by atoms with Gasteiger partial charge in [0.2, 0.25) is 0 Å². The van der Waals surface area contributed by atoms with Gasteiger partial charge in [0.1, 0.15) is 0 Å². The lowest BCUT2D eigenvalue weighted by Gasteiger charge is -2.27. The fraction of sp³-hybridized carbons (Fsp3) is 1.00. The van der Waals surface area contributed by atoms with E-state index < -0.39 is 11.2 Å². The van der Waals surface area contributed by atoms with E-state index in [-0.39, 0.29) is 0 Å². The van der Waals surface area contributed by atoms with Gasteiger partial charge in [0.05, 0.1) is 11.2 Å². The summed E-state index contributed by atoms with van der Waals surface area (Å²) >= 11 is 0. The van der Waals surface area contributed by atoms with Gasteiger partial charge in [0.25, 0.3) is 0 Å². The number of rotatable bonds is 5. The Bertz CT molecular complexity index is 112. The first-order valence-corrected chi connectivity index (χ1v) is 4.78. The van der Waals surface area contributed by atoms with Gasteiger partial charge in [0.15, 0.2) is 0 Å². The van der Waals surface area contributed by atoms with Crippen LogP contribution in [-0.2, 0) is 0 Å². The van der Waals surface area contributed by atoms with Crippen molar-refractivity contribution in [2.75, 3.05) is 0 Å². The molecule has 2 N–H and O–H groups in total. The molecular weight excluding hydrogens is 152 g/mol. The molecule has 0 amide bonds. The van der Waals surface area contributed by atoms with Crippen molar-refractivity contribution in [1.82, 2.24) is 0 Å². The van der Waals surface area contributed by atoms with Crippen LogP contribution in [0.5, 0.6) is 0 Å². The molecule has 12 heavy (non-hydrogen) atoms. The maximum absolute atomic E-state index is 9.67. The third kappa shape index (κ3) is 4.73. The minimum atomic E-state index is -0.612. The van der Waals surface area contributed by atoms with Gasteiger partial charge in [-0.1, -0.05) is 13.8 Å². The molecular formula is C10H22O2. The Morgan fingerprint density at radius 2 is 1.08 bits per heavy atom. The topological polar surface area (TPSA) is 40.5 Å². The summed E-state index contributed by atoms with van der Waals surface area (Å²) in [7, 11) is 0. The Morgan fingerprint density at radius 1 is 0.833 bits per heavy atom. The van der Waals surface area contributed by atoms with Gasteiger partial charge in [-0.05, 0) is 39.5 Å². The minimum Gasteiger partial charge on any atom is -0.390 e. The van der Waals surface area contributed by atoms with E-state index in [1.165, 1.54) is 0 Å². The lowest BCUT2D eigenvalue weighted by molar-refractivity contribution is -0.00613. The molecule has 0 aliphatic carbocycles. The van der Waals surface area contributed by atoms with Crippen molar-refractivity contribution < 1.29 is 10.2 Å². The molecule has 0 radical (unpaired) electrons. The van der Waals surface area contributed by atoms with E-state index in [9.17, 15) is 10.2 Å². The van der Waals surface area contributed by atoms with E-state index in [0.717, 1.165) is 12.8 Å². The molecule has 0 heterocycles. The molecule has 0 aromatic rings. The van der Waals surface area contributed by atoms with Crippen molar-refractivity contribution in [3.63, 3.8) is 0 Å². The van der Waals surface area contributed by atoms with E-state index in [2.05, 4.69) is 0 Å². The average molecular weight is 174 g/mol. The van der Waals surface area contributed by atoms with E-state index in [0.29, 0.717) is 12.8 Å². The van der Waals surface area contributed by atoms with Gasteiger partial charge in [-0.2, -0.15) is 0 Å². The van der Waals surface area contributed by atoms with Crippen molar-refractivity contribution in [2.45, 2.75) is 64.6 Å². The molecule has 0 aliphatic heterocycles. The predicted molar refractivity (Wildman–Crippen MR) is 51.1 cm³/mol. The second kappa shape index (κ2) is 4.24. The first-order chi connectivity index (χ1) is 5.33. The van der Waals surface area contributed by atoms with Crippen LogP contribution in [0.1, 0.15) is 53.4 Å². The third-order valence-corrected chi connectivity index (χ3v) is 2.73. The van der Waals surface area contributed by atoms with Crippen LogP contribution in [0.2, 0.25) is 0 Å². The number of hydrogen-bond acceptors (Lipinski definition) is 2. The van der Waals surface area contributed by atoms with Crippen molar-refractivity contribution in [3.05, 3.63) is 0 Å². The van der Waals surface area contributed by atoms with Crippen LogP contribution in [0.3, 0.4) is 0 Å². The first-order valence-electron chi connectivity index (χ1n) is 4.78. The Labute approximate surface area is 75.6 Å². The number of aliphatic hydroxyl groups is 2. The fourth-order valence-electron chi connectivity index (χ4n) is 0.892. The number of hydrogen-bond donors (Lipinski definition) is 2. The molecule has 0 bridgehead atoms. The molecule has 0 aromatic heterocycles. The van der Waals surface area contributed by atoms with Gasteiger partial charge in [-0.3, -0.25) is 0 Å². The van der Waals surface area contributed by atoms with Crippen LogP contribution >= 0.6 is 0 Å². The first kappa shape index (κ1) is 11.9. The average Bonchev–Trinajstić information content (AvgIpc) is 2.02. The summed E-state index contributed by atoms with van der Waals surface area (Å²) < 4.78 is 0. The molecule has 0 unspecified atom stereocenters. The van der Waals surface area contributed by atoms with Gasteiger partial charge in [-0.15, -0.1) is 0 Å². The van der Waals surface area contributed by atoms with Crippen LogP contribution < -0.4 is 0 Å². The standard InChI is InChI=1S/C10H22O2/c1-5-9(3,11)7-8-10(4,12)6-2/h11-12H,5-8H2,1-4H3/t9-,10+. The van der Waals surface area contributed by atoms with Crippen molar-refractivity contribution >= 4 is 0 Å². The monoisotopic (exact) mass is 174 g/mol. The molecule has 2 nitrogen and oxygen atoms in total. The van der Waals surface area contributed by atoms with Gasteiger partial charge >= 0.3 is 0 Å². The Balaban J connectivity index is 3.82. The summed E-state index contributed by atoms with van der Waals surface area (Å²) in [6.07, 6.45) is 2.83. The third-order valence-electron chi connectivity index (χ3n) is 2.73. The molecule has 0 saturated heterocycles. The van der Waals surface area contributed by atoms with Gasteiger partial charge in [-0.25, -0.2) is 0 Å². The highest BCUT2D eigenvalue weighted by Gasteiger charge is 2.24. The molecule has 0 fully saturated rings. The summed E-state index contributed by atoms with van der Waals surface area (Å²) in [6.45, 7) is 7.55. The predicted octanol–water partition coefficient (Wildman–Crippen LogP) is 2.09. The summed E-state index contributed by atoms with van der Waals surface area (Å²) in [5, 5.41) is 19.3. The van der Waals surface area contributed by atoms with Crippen molar-refractivity contribution in [3.8, 4) is 0 Å². The summed E-state index contributed by atoms with van der Waals surface area (Å²) in [5.74, 6) is 0. The highest BCUT2D eigenvalue weighted by molar-refractivity contribution is 4.77. The van der Waals surface area contributed by atoms with Crippen LogP contribution in [-0.4, -0.2) is 21.4 Å². The Kier molecular flexibility index (Phi) is 4.21. The van der Waals surface area contributed by atoms with Crippen LogP contribution in [0, 0.1) is 0 Å². The zero-order valence-electron chi connectivity index (χ0n) is 8.72. The molecule has 0 spiro atoms. The van der Waals surface area contributed by atoms with E-state index >= 15 is 0 Å². The normalized spacial score (nSPS) is 21.5. The van der Waals surface area contributed by atoms with Crippen LogP contribution in [0.4, 0.5) is 0 Å². The van der Waals surface area contributed by atoms with E-state index in [1.807, 2.05) is 27.7 Å². The van der Waals surface area contributed by atoms with Crippen LogP contribution in [0.25, 0.3) is 0 Å². The molecule has 2 heteroatoms. The summed E-state index contributed by atoms with van der Waals surface area (Å²) in [5.41, 5.74) is -1.22. The minimum absolute atomic E-state index is 0.612. The van der Waals surface area contributed by atoms with Crippen molar-refractivity contribution in [1.29, 1.82) is 0 Å². The summed E-state index contributed by atoms with van der Waals surface area (Å²) in [6, 6.07) is 0. The Morgan fingerprint density at radius 3 is 1.25 bits per heavy atom. The van der Waals surface area contributed by atoms with Crippen molar-refractivity contribution in [2.24, 2.45) is 0 Å². The second-order valence-electron chi connectivity index (χ2n) is 4.20. The second-order valence-corrected chi connectivity index (χ2v) is 4.20. The SMILES string of the molecule is CC[C@](C)(O)CC[C@](C)(O)CC. The van der Waals surface area contributed by atoms with E-state index in [4.69, 9.17) is 0 Å². The van der Waals surface area contributed by atoms with E-state index in [1.54, 1.807) is 0 Å². The smallest absolute Gasteiger partial charge is 0.0618 e. The molecule has 0 rings (SSSR count). The fourth-order valence-corrected chi connectivity index (χ4v) is 0.892. The van der Waals surface area contributed by atoms with Crippen LogP contribution in [0.15, 0.2) is 0 Å². The molecule has 0 aromatic carbocycles. The largest absolute Gasteiger partial charge is 0.390 e. The maximum Gasteiger partial charge on any atom is 0.0618 e. The van der Waals surface area contributed by atoms with Gasteiger partial charge in [0, 0.05) is 0 Å². The highest BCUT2D eigenvalue weighted by atomic mass is 16.3. The zero-order valence-corrected chi connectivity index (χ0v) is 8.72. The molecule has 0 aliphatic rings. The highest BCUT2D eigenvalue weighted by Crippen LogP contribution is 2.23. The van der Waals surface area contributed by atoms with Gasteiger partial charge < -0.3 is 10.2 Å². The maximum atomic E-state index is 9.67. The Hall–Kier alpha value is -0.0800. The lowest BCUT2D eigenvalue weighted by Crippen LogP contribution is -2.30. The summed E-state index contributed by atoms with van der Waals surface area (Å²) in [4.78, 5) is 0. The molecule has 2 atom stereocenters. The lowest BCUT2D eigenvalue weighted by atomic mass is 9.89. The molecule has 74 valence electrons. The molecule has 0 saturated carbocycles.